The number of fused-ring (bicyclic) bond motifs is 1. The van der Waals surface area contributed by atoms with Gasteiger partial charge in [0.2, 0.25) is 5.95 Å². The molecule has 0 unspecified atom stereocenters. The van der Waals surface area contributed by atoms with E-state index in [-0.39, 0.29) is 11.6 Å². The molecule has 8 heteroatoms. The molecule has 33 heavy (non-hydrogen) atoms. The second-order valence-corrected chi connectivity index (χ2v) is 8.27. The van der Waals surface area contributed by atoms with Crippen molar-refractivity contribution in [2.75, 3.05) is 31.3 Å². The van der Waals surface area contributed by atoms with Crippen LogP contribution in [0.1, 0.15) is 28.9 Å². The zero-order valence-electron chi connectivity index (χ0n) is 18.9. The predicted molar refractivity (Wildman–Crippen MR) is 130 cm³/mol. The number of aryl methyl sites for hydroxylation is 1. The van der Waals surface area contributed by atoms with E-state index in [1.54, 1.807) is 30.5 Å². The van der Waals surface area contributed by atoms with E-state index in [0.717, 1.165) is 24.2 Å². The van der Waals surface area contributed by atoms with Crippen LogP contribution < -0.4 is 10.6 Å². The van der Waals surface area contributed by atoms with Gasteiger partial charge in [-0.15, -0.1) is 0 Å². The van der Waals surface area contributed by atoms with E-state index < -0.39 is 0 Å². The lowest BCUT2D eigenvalue weighted by Crippen LogP contribution is -2.14. The van der Waals surface area contributed by atoms with Crippen molar-refractivity contribution in [1.29, 1.82) is 0 Å². The number of nitrogens with one attached hydrogen (secondary N) is 3. The topological polar surface area (TPSA) is 85.9 Å². The van der Waals surface area contributed by atoms with E-state index in [1.807, 2.05) is 45.3 Å². The molecule has 4 aromatic rings. The van der Waals surface area contributed by atoms with Crippen molar-refractivity contribution in [3.63, 3.8) is 0 Å². The van der Waals surface area contributed by atoms with Gasteiger partial charge in [-0.25, -0.2) is 9.37 Å². The molecule has 0 amide bonds. The van der Waals surface area contributed by atoms with Crippen LogP contribution in [-0.4, -0.2) is 46.3 Å². The molecule has 170 valence electrons. The van der Waals surface area contributed by atoms with Crippen LogP contribution in [0.5, 0.6) is 0 Å². The number of anilines is 4. The molecule has 0 aliphatic carbocycles. The molecular formula is C25H27FN6O. The molecule has 0 atom stereocenters. The van der Waals surface area contributed by atoms with Crippen molar-refractivity contribution in [2.24, 2.45) is 0 Å². The molecular weight excluding hydrogens is 419 g/mol. The Morgan fingerprint density at radius 1 is 1.12 bits per heavy atom. The van der Waals surface area contributed by atoms with Gasteiger partial charge in [-0.1, -0.05) is 12.1 Å². The highest BCUT2D eigenvalue weighted by Crippen LogP contribution is 2.27. The molecule has 0 spiro atoms. The average molecular weight is 447 g/mol. The largest absolute Gasteiger partial charge is 0.359 e. The standard InChI is InChI=1S/C25H27FN6O/c1-16-14-19-20(28-16)9-10-21(24(19)26)30-23-11-12-27-25(31-23)29-18-7-4-6-17(15-18)22(33)8-5-13-32(2)3/h4,6-7,9-12,14-15,28H,5,8,13H2,1-3H3,(H2,27,29,30,31). The summed E-state index contributed by atoms with van der Waals surface area (Å²) in [7, 11) is 3.98. The number of hydrogen-bond acceptors (Lipinski definition) is 6. The quantitative estimate of drug-likeness (QED) is 0.298. The first-order valence-corrected chi connectivity index (χ1v) is 10.8. The Bertz CT molecular complexity index is 1280. The van der Waals surface area contributed by atoms with Crippen LogP contribution in [0.2, 0.25) is 0 Å². The third-order valence-corrected chi connectivity index (χ3v) is 5.24. The molecule has 0 saturated carbocycles. The summed E-state index contributed by atoms with van der Waals surface area (Å²) in [6, 6.07) is 14.2. The minimum Gasteiger partial charge on any atom is -0.359 e. The summed E-state index contributed by atoms with van der Waals surface area (Å²) in [6.07, 6.45) is 2.89. The second kappa shape index (κ2) is 9.79. The molecule has 7 nitrogen and oxygen atoms in total. The number of rotatable bonds is 9. The molecule has 2 aromatic carbocycles. The van der Waals surface area contributed by atoms with Crippen LogP contribution in [0.15, 0.2) is 54.7 Å². The number of H-pyrrole nitrogens is 1. The van der Waals surface area contributed by atoms with Gasteiger partial charge in [0.15, 0.2) is 11.6 Å². The number of aromatic nitrogens is 3. The number of Topliss-reactive ketones (excluding diaryl/α,β-unsaturated/α-hetero) is 1. The van der Waals surface area contributed by atoms with E-state index in [4.69, 9.17) is 0 Å². The lowest BCUT2D eigenvalue weighted by atomic mass is 10.1. The van der Waals surface area contributed by atoms with Crippen LogP contribution in [-0.2, 0) is 0 Å². The SMILES string of the molecule is Cc1cc2c(F)c(Nc3ccnc(Nc4cccc(C(=O)CCCN(C)C)c4)n3)ccc2[nH]1. The fourth-order valence-corrected chi connectivity index (χ4v) is 3.63. The molecule has 2 aromatic heterocycles. The van der Waals surface area contributed by atoms with Crippen molar-refractivity contribution in [3.05, 3.63) is 71.8 Å². The predicted octanol–water partition coefficient (Wildman–Crippen LogP) is 5.42. The number of ketones is 1. The van der Waals surface area contributed by atoms with Crippen LogP contribution in [0.4, 0.5) is 27.5 Å². The Hall–Kier alpha value is -3.78. The molecule has 4 rings (SSSR count). The molecule has 2 heterocycles. The summed E-state index contributed by atoms with van der Waals surface area (Å²) in [5.74, 6) is 0.554. The molecule has 0 saturated heterocycles. The van der Waals surface area contributed by atoms with Gasteiger partial charge in [0.1, 0.15) is 5.82 Å². The van der Waals surface area contributed by atoms with Crippen molar-refractivity contribution in [3.8, 4) is 0 Å². The van der Waals surface area contributed by atoms with Gasteiger partial charge < -0.3 is 20.5 Å². The van der Waals surface area contributed by atoms with Crippen molar-refractivity contribution >= 4 is 39.8 Å². The smallest absolute Gasteiger partial charge is 0.229 e. The van der Waals surface area contributed by atoms with Crippen molar-refractivity contribution in [1.82, 2.24) is 19.9 Å². The van der Waals surface area contributed by atoms with Crippen LogP contribution >= 0.6 is 0 Å². The minimum atomic E-state index is -0.342. The van der Waals surface area contributed by atoms with Gasteiger partial charge >= 0.3 is 0 Å². The summed E-state index contributed by atoms with van der Waals surface area (Å²) < 4.78 is 14.9. The third-order valence-electron chi connectivity index (χ3n) is 5.24. The summed E-state index contributed by atoms with van der Waals surface area (Å²) >= 11 is 0. The summed E-state index contributed by atoms with van der Waals surface area (Å²) in [4.78, 5) is 26.4. The number of halogens is 1. The first-order valence-electron chi connectivity index (χ1n) is 10.8. The lowest BCUT2D eigenvalue weighted by Gasteiger charge is -2.11. The fraction of sp³-hybridized carbons (Fsp3) is 0.240. The fourth-order valence-electron chi connectivity index (χ4n) is 3.63. The molecule has 3 N–H and O–H groups in total. The lowest BCUT2D eigenvalue weighted by molar-refractivity contribution is 0.0977. The normalized spacial score (nSPS) is 11.2. The average Bonchev–Trinajstić information content (AvgIpc) is 3.17. The number of carbonyl (C=O) groups excluding carboxylic acids is 1. The first kappa shape index (κ1) is 22.4. The van der Waals surface area contributed by atoms with Gasteiger partial charge in [0.05, 0.1) is 5.69 Å². The Morgan fingerprint density at radius 3 is 2.79 bits per heavy atom. The first-order chi connectivity index (χ1) is 15.9. The molecule has 0 aliphatic rings. The van der Waals surface area contributed by atoms with E-state index in [0.29, 0.717) is 40.5 Å². The molecule has 0 radical (unpaired) electrons. The number of aromatic amines is 1. The maximum atomic E-state index is 14.9. The monoisotopic (exact) mass is 446 g/mol. The highest BCUT2D eigenvalue weighted by molar-refractivity contribution is 5.97. The second-order valence-electron chi connectivity index (χ2n) is 8.27. The van der Waals surface area contributed by atoms with Gasteiger partial charge in [-0.3, -0.25) is 4.79 Å². The van der Waals surface area contributed by atoms with Crippen LogP contribution in [0, 0.1) is 12.7 Å². The van der Waals surface area contributed by atoms with Crippen LogP contribution in [0.3, 0.4) is 0 Å². The van der Waals surface area contributed by atoms with Gasteiger partial charge in [-0.05, 0) is 70.4 Å². The highest BCUT2D eigenvalue weighted by Gasteiger charge is 2.11. The van der Waals surface area contributed by atoms with Gasteiger partial charge in [0, 0.05) is 40.5 Å². The van der Waals surface area contributed by atoms with E-state index >= 15 is 0 Å². The zero-order valence-corrected chi connectivity index (χ0v) is 18.9. The van der Waals surface area contributed by atoms with E-state index in [2.05, 4.69) is 30.5 Å². The number of carbonyl (C=O) groups is 1. The number of benzene rings is 2. The maximum absolute atomic E-state index is 14.9. The molecule has 0 bridgehead atoms. The van der Waals surface area contributed by atoms with Gasteiger partial charge in [0.25, 0.3) is 0 Å². The Labute approximate surface area is 192 Å². The number of hydrogen-bond donors (Lipinski definition) is 3. The zero-order chi connectivity index (χ0) is 23.4. The summed E-state index contributed by atoms with van der Waals surface area (Å²) in [6.45, 7) is 2.76. The summed E-state index contributed by atoms with van der Waals surface area (Å²) in [5.41, 5.74) is 3.33. The Balaban J connectivity index is 1.46. The van der Waals surface area contributed by atoms with Crippen LogP contribution in [0.25, 0.3) is 10.9 Å². The van der Waals surface area contributed by atoms with E-state index in [9.17, 15) is 9.18 Å². The Kier molecular flexibility index (Phi) is 6.65. The number of nitrogens with zero attached hydrogens (tertiary/aromatic N) is 3. The molecule has 0 aliphatic heterocycles. The highest BCUT2D eigenvalue weighted by atomic mass is 19.1. The maximum Gasteiger partial charge on any atom is 0.229 e. The van der Waals surface area contributed by atoms with Gasteiger partial charge in [-0.2, -0.15) is 4.98 Å². The summed E-state index contributed by atoms with van der Waals surface area (Å²) in [5, 5.41) is 6.67. The Morgan fingerprint density at radius 2 is 1.97 bits per heavy atom. The van der Waals surface area contributed by atoms with Crippen molar-refractivity contribution < 1.29 is 9.18 Å². The molecule has 0 fully saturated rings. The minimum absolute atomic E-state index is 0.0997. The third kappa shape index (κ3) is 5.53. The van der Waals surface area contributed by atoms with E-state index in [1.165, 1.54) is 0 Å². The van der Waals surface area contributed by atoms with Crippen molar-refractivity contribution in [2.45, 2.75) is 19.8 Å².